The van der Waals surface area contributed by atoms with E-state index in [2.05, 4.69) is 0 Å². The monoisotopic (exact) mass is 418 g/mol. The van der Waals surface area contributed by atoms with Gasteiger partial charge in [-0.1, -0.05) is 48.5 Å². The molecule has 1 saturated heterocycles. The molecule has 0 radical (unpaired) electrons. The number of carbonyl (C=O) groups excluding carboxylic acids is 2. The van der Waals surface area contributed by atoms with Crippen molar-refractivity contribution in [2.24, 2.45) is 0 Å². The summed E-state index contributed by atoms with van der Waals surface area (Å²) < 4.78 is 5.73. The van der Waals surface area contributed by atoms with Crippen LogP contribution >= 0.6 is 0 Å². The summed E-state index contributed by atoms with van der Waals surface area (Å²) >= 11 is 0. The van der Waals surface area contributed by atoms with Crippen molar-refractivity contribution in [1.29, 1.82) is 0 Å². The van der Waals surface area contributed by atoms with Gasteiger partial charge >= 0.3 is 0 Å². The molecule has 5 nitrogen and oxygen atoms in total. The van der Waals surface area contributed by atoms with E-state index >= 15 is 0 Å². The average Bonchev–Trinajstić information content (AvgIpc) is 3.37. The molecule has 2 aromatic carbocycles. The number of likely N-dealkylation sites (N-methyl/N-ethyl adjacent to an activating group) is 1. The third kappa shape index (κ3) is 4.28. The van der Waals surface area contributed by atoms with Gasteiger partial charge in [-0.25, -0.2) is 0 Å². The minimum atomic E-state index is -0.217. The molecule has 2 amide bonds. The minimum Gasteiger partial charge on any atom is -0.376 e. The van der Waals surface area contributed by atoms with Crippen molar-refractivity contribution in [2.45, 2.75) is 46.3 Å². The van der Waals surface area contributed by atoms with Crippen LogP contribution in [0.2, 0.25) is 0 Å². The van der Waals surface area contributed by atoms with E-state index in [-0.39, 0.29) is 17.9 Å². The second kappa shape index (κ2) is 9.06. The Morgan fingerprint density at radius 2 is 1.81 bits per heavy atom. The van der Waals surface area contributed by atoms with Gasteiger partial charge in [0.05, 0.1) is 18.2 Å². The van der Waals surface area contributed by atoms with Crippen LogP contribution in [-0.4, -0.2) is 47.4 Å². The van der Waals surface area contributed by atoms with Crippen molar-refractivity contribution >= 4 is 17.4 Å². The topological polar surface area (TPSA) is 49.9 Å². The highest BCUT2D eigenvalue weighted by atomic mass is 16.5. The molecule has 1 unspecified atom stereocenters. The molecule has 31 heavy (non-hydrogen) atoms. The van der Waals surface area contributed by atoms with Gasteiger partial charge in [0.15, 0.2) is 0 Å². The summed E-state index contributed by atoms with van der Waals surface area (Å²) in [6.07, 6.45) is 1.78. The van der Waals surface area contributed by atoms with Crippen LogP contribution in [0.4, 0.5) is 0 Å². The molecule has 1 fully saturated rings. The van der Waals surface area contributed by atoms with Gasteiger partial charge in [-0.2, -0.15) is 0 Å². The van der Waals surface area contributed by atoms with E-state index in [1.165, 1.54) is 4.90 Å². The number of aryl methyl sites for hydroxylation is 2. The highest BCUT2D eigenvalue weighted by molar-refractivity contribution is 6.35. The Hall–Kier alpha value is -2.92. The van der Waals surface area contributed by atoms with E-state index in [4.69, 9.17) is 4.74 Å². The molecule has 0 aromatic heterocycles. The maximum atomic E-state index is 13.6. The first-order valence-electron chi connectivity index (χ1n) is 11.1. The molecule has 4 rings (SSSR count). The van der Waals surface area contributed by atoms with Crippen LogP contribution in [0.5, 0.6) is 0 Å². The van der Waals surface area contributed by atoms with Crippen LogP contribution in [0.3, 0.4) is 0 Å². The fraction of sp³-hybridized carbons (Fsp3) is 0.385. The van der Waals surface area contributed by atoms with E-state index in [1.54, 1.807) is 0 Å². The van der Waals surface area contributed by atoms with Crippen LogP contribution in [0.15, 0.2) is 54.2 Å². The van der Waals surface area contributed by atoms with Gasteiger partial charge < -0.3 is 9.64 Å². The fourth-order valence-electron chi connectivity index (χ4n) is 4.32. The van der Waals surface area contributed by atoms with Gasteiger partial charge in [0.2, 0.25) is 0 Å². The zero-order valence-electron chi connectivity index (χ0n) is 18.6. The molecule has 0 spiro atoms. The molecule has 2 aliphatic heterocycles. The summed E-state index contributed by atoms with van der Waals surface area (Å²) in [4.78, 5) is 30.5. The third-order valence-corrected chi connectivity index (χ3v) is 6.26. The largest absolute Gasteiger partial charge is 0.376 e. The van der Waals surface area contributed by atoms with E-state index in [9.17, 15) is 9.59 Å². The molecule has 2 aromatic rings. The second-order valence-corrected chi connectivity index (χ2v) is 8.38. The van der Waals surface area contributed by atoms with E-state index in [0.29, 0.717) is 37.5 Å². The minimum absolute atomic E-state index is 0.0718. The van der Waals surface area contributed by atoms with Crippen molar-refractivity contribution < 1.29 is 14.3 Å². The Kier molecular flexibility index (Phi) is 6.23. The average molecular weight is 419 g/mol. The maximum absolute atomic E-state index is 13.6. The molecular weight excluding hydrogens is 388 g/mol. The Balaban J connectivity index is 1.75. The maximum Gasteiger partial charge on any atom is 0.277 e. The highest BCUT2D eigenvalue weighted by Crippen LogP contribution is 2.34. The van der Waals surface area contributed by atoms with Gasteiger partial charge in [-0.05, 0) is 55.9 Å². The lowest BCUT2D eigenvalue weighted by Crippen LogP contribution is -2.39. The Bertz CT molecular complexity index is 1010. The number of rotatable bonds is 7. The molecule has 162 valence electrons. The molecule has 0 N–H and O–H groups in total. The normalized spacial score (nSPS) is 18.9. The highest BCUT2D eigenvalue weighted by Gasteiger charge is 2.42. The van der Waals surface area contributed by atoms with Crippen molar-refractivity contribution in [3.63, 3.8) is 0 Å². The first-order valence-corrected chi connectivity index (χ1v) is 11.1. The van der Waals surface area contributed by atoms with Crippen LogP contribution in [-0.2, 0) is 20.9 Å². The zero-order valence-corrected chi connectivity index (χ0v) is 18.6. The summed E-state index contributed by atoms with van der Waals surface area (Å²) in [5.74, 6) is -0.434. The first-order chi connectivity index (χ1) is 15.0. The van der Waals surface area contributed by atoms with Crippen molar-refractivity contribution in [3.05, 3.63) is 76.5 Å². The number of imide groups is 1. The predicted molar refractivity (Wildman–Crippen MR) is 121 cm³/mol. The summed E-state index contributed by atoms with van der Waals surface area (Å²) in [6.45, 7) is 8.33. The molecule has 0 saturated carbocycles. The molecule has 0 bridgehead atoms. The lowest BCUT2D eigenvalue weighted by atomic mass is 9.99. The Morgan fingerprint density at radius 1 is 1.03 bits per heavy atom. The van der Waals surface area contributed by atoms with Crippen LogP contribution in [0, 0.1) is 13.8 Å². The summed E-state index contributed by atoms with van der Waals surface area (Å²) in [6, 6.07) is 16.0. The van der Waals surface area contributed by atoms with E-state index < -0.39 is 0 Å². The molecule has 0 aliphatic carbocycles. The SMILES string of the molecule is CCN(Cc1ccccc1)C1=C(c2ccc(C)c(C)c2)C(=O)N(CC2CCCO2)C1=O. The number of benzene rings is 2. The first kappa shape index (κ1) is 21.3. The molecule has 2 aliphatic rings. The molecule has 2 heterocycles. The number of nitrogens with zero attached hydrogens (tertiary/aromatic N) is 2. The van der Waals surface area contributed by atoms with Gasteiger partial charge in [-0.3, -0.25) is 14.5 Å². The summed E-state index contributed by atoms with van der Waals surface area (Å²) in [7, 11) is 0. The smallest absolute Gasteiger partial charge is 0.277 e. The Morgan fingerprint density at radius 3 is 2.45 bits per heavy atom. The molecule has 1 atom stereocenters. The quantitative estimate of drug-likeness (QED) is 0.636. The van der Waals surface area contributed by atoms with Gasteiger partial charge in [0.25, 0.3) is 11.8 Å². The van der Waals surface area contributed by atoms with Crippen LogP contribution < -0.4 is 0 Å². The van der Waals surface area contributed by atoms with Crippen molar-refractivity contribution in [3.8, 4) is 0 Å². The summed E-state index contributed by atoms with van der Waals surface area (Å²) in [5, 5.41) is 0. The predicted octanol–water partition coefficient (Wildman–Crippen LogP) is 4.08. The second-order valence-electron chi connectivity index (χ2n) is 8.38. The summed E-state index contributed by atoms with van der Waals surface area (Å²) in [5.41, 5.74) is 5.18. The number of hydrogen-bond acceptors (Lipinski definition) is 4. The zero-order chi connectivity index (χ0) is 22.0. The van der Waals surface area contributed by atoms with Gasteiger partial charge in [0.1, 0.15) is 5.70 Å². The fourth-order valence-corrected chi connectivity index (χ4v) is 4.32. The van der Waals surface area contributed by atoms with Crippen LogP contribution in [0.1, 0.15) is 42.0 Å². The van der Waals surface area contributed by atoms with Crippen molar-refractivity contribution in [1.82, 2.24) is 9.80 Å². The lowest BCUT2D eigenvalue weighted by Gasteiger charge is -2.25. The molecular formula is C26H30N2O3. The van der Waals surface area contributed by atoms with Gasteiger partial charge in [0, 0.05) is 19.7 Å². The standard InChI is InChI=1S/C26H30N2O3/c1-4-27(16-20-9-6-5-7-10-20)24-23(21-13-12-18(2)19(3)15-21)25(29)28(26(24)30)17-22-11-8-14-31-22/h5-7,9-10,12-13,15,22H,4,8,11,14,16-17H2,1-3H3. The lowest BCUT2D eigenvalue weighted by molar-refractivity contribution is -0.139. The molecule has 5 heteroatoms. The van der Waals surface area contributed by atoms with Crippen molar-refractivity contribution in [2.75, 3.05) is 19.7 Å². The van der Waals surface area contributed by atoms with E-state index in [1.807, 2.05) is 74.2 Å². The van der Waals surface area contributed by atoms with E-state index in [0.717, 1.165) is 35.1 Å². The number of hydrogen-bond donors (Lipinski definition) is 0. The Labute approximate surface area is 184 Å². The van der Waals surface area contributed by atoms with Crippen LogP contribution in [0.25, 0.3) is 5.57 Å². The number of ether oxygens (including phenoxy) is 1. The third-order valence-electron chi connectivity index (χ3n) is 6.26. The number of amides is 2. The number of carbonyl (C=O) groups is 2. The van der Waals surface area contributed by atoms with Gasteiger partial charge in [-0.15, -0.1) is 0 Å².